The number of halogens is 1. The number of pyridine rings is 1. The van der Waals surface area contributed by atoms with Gasteiger partial charge < -0.3 is 14.7 Å². The van der Waals surface area contributed by atoms with Crippen LogP contribution in [0.1, 0.15) is 30.9 Å². The zero-order valence-corrected chi connectivity index (χ0v) is 20.2. The Labute approximate surface area is 203 Å². The minimum Gasteiger partial charge on any atom is -0.490 e. The molecule has 0 saturated heterocycles. The predicted molar refractivity (Wildman–Crippen MR) is 132 cm³/mol. The van der Waals surface area contributed by atoms with Gasteiger partial charge in [-0.1, -0.05) is 32.1 Å². The Morgan fingerprint density at radius 3 is 2.74 bits per heavy atom. The van der Waals surface area contributed by atoms with Crippen molar-refractivity contribution in [2.45, 2.75) is 24.7 Å². The van der Waals surface area contributed by atoms with E-state index in [0.717, 1.165) is 19.2 Å². The van der Waals surface area contributed by atoms with Gasteiger partial charge in [-0.05, 0) is 49.0 Å². The van der Waals surface area contributed by atoms with E-state index in [4.69, 9.17) is 4.74 Å². The summed E-state index contributed by atoms with van der Waals surface area (Å²) in [7, 11) is -4.05. The molecule has 2 heterocycles. The normalized spacial score (nSPS) is 15.5. The fraction of sp³-hybridized carbons (Fsp3) is 0.280. The molecule has 1 atom stereocenters. The fourth-order valence-electron chi connectivity index (χ4n) is 4.10. The summed E-state index contributed by atoms with van der Waals surface area (Å²) < 4.78 is 48.3. The van der Waals surface area contributed by atoms with Crippen LogP contribution in [0, 0.1) is 5.82 Å². The molecule has 1 aliphatic heterocycles. The number of benzene rings is 2. The number of likely N-dealkylation sites (N-methyl/N-ethyl adjacent to an activating group) is 1. The highest BCUT2D eigenvalue weighted by Crippen LogP contribution is 2.39. The number of fused-ring (bicyclic) bond motifs is 3. The molecule has 10 heteroatoms. The van der Waals surface area contributed by atoms with Crippen molar-refractivity contribution in [1.82, 2.24) is 9.88 Å². The number of carboxylic acid groups (broad SMARTS) is 1. The van der Waals surface area contributed by atoms with Crippen molar-refractivity contribution in [1.29, 1.82) is 0 Å². The topological polar surface area (TPSA) is 109 Å². The molecule has 3 aromatic rings. The van der Waals surface area contributed by atoms with Crippen LogP contribution in [0.2, 0.25) is 0 Å². The van der Waals surface area contributed by atoms with Crippen molar-refractivity contribution in [2.75, 3.05) is 31.0 Å². The van der Waals surface area contributed by atoms with Gasteiger partial charge >= 0.3 is 5.97 Å². The summed E-state index contributed by atoms with van der Waals surface area (Å²) in [6, 6.07) is 8.22. The van der Waals surface area contributed by atoms with E-state index in [-0.39, 0.29) is 22.8 Å². The molecule has 4 rings (SSSR count). The van der Waals surface area contributed by atoms with Crippen molar-refractivity contribution in [2.24, 2.45) is 0 Å². The maximum absolute atomic E-state index is 13.9. The van der Waals surface area contributed by atoms with Crippen LogP contribution in [-0.4, -0.2) is 55.6 Å². The first-order chi connectivity index (χ1) is 16.7. The van der Waals surface area contributed by atoms with Crippen LogP contribution in [0.3, 0.4) is 0 Å². The smallest absolute Gasteiger partial charge is 0.314 e. The molecule has 35 heavy (non-hydrogen) atoms. The Hall–Kier alpha value is -3.50. The number of hydrogen-bond donors (Lipinski definition) is 2. The van der Waals surface area contributed by atoms with E-state index >= 15 is 0 Å². The Morgan fingerprint density at radius 2 is 2.03 bits per heavy atom. The Kier molecular flexibility index (Phi) is 7.04. The highest BCUT2D eigenvalue weighted by molar-refractivity contribution is 7.92. The molecule has 1 aromatic heterocycles. The third-order valence-electron chi connectivity index (χ3n) is 6.00. The van der Waals surface area contributed by atoms with Crippen molar-refractivity contribution < 1.29 is 27.4 Å². The van der Waals surface area contributed by atoms with E-state index in [1.807, 2.05) is 19.9 Å². The molecule has 0 spiro atoms. The largest absolute Gasteiger partial charge is 0.490 e. The average molecular weight is 500 g/mol. The molecule has 0 aliphatic carbocycles. The molecular weight excluding hydrogens is 473 g/mol. The zero-order valence-electron chi connectivity index (χ0n) is 19.4. The highest BCUT2D eigenvalue weighted by atomic mass is 32.2. The van der Waals surface area contributed by atoms with E-state index in [1.165, 1.54) is 24.4 Å². The van der Waals surface area contributed by atoms with Crippen LogP contribution in [-0.2, 0) is 14.8 Å². The summed E-state index contributed by atoms with van der Waals surface area (Å²) in [5.41, 5.74) is 1.44. The lowest BCUT2D eigenvalue weighted by Gasteiger charge is -2.15. The van der Waals surface area contributed by atoms with E-state index in [2.05, 4.69) is 14.6 Å². The van der Waals surface area contributed by atoms with Gasteiger partial charge in [-0.25, -0.2) is 12.8 Å². The number of ether oxygens (including phenoxy) is 1. The number of nitrogens with zero attached hydrogens (tertiary/aromatic N) is 2. The second-order valence-corrected chi connectivity index (χ2v) is 9.80. The van der Waals surface area contributed by atoms with Crippen LogP contribution in [0.25, 0.3) is 17.0 Å². The highest BCUT2D eigenvalue weighted by Gasteiger charge is 2.32. The Bertz CT molecular complexity index is 1400. The number of rotatable bonds is 9. The standard InChI is InChI=1S/C25H26FN3O5S/c1-3-29(4-2)11-5-6-16-12-17(26)7-10-23(16)35(32,33)28-18-8-9-19-21(13-18)27-14-22-24(19)20(15-34-22)25(30)31/h5-10,12-14,20,28H,3-4,11,15H2,1-2H3,(H,30,31)/b6-5-. The molecular formula is C25H26FN3O5S. The van der Waals surface area contributed by atoms with E-state index in [9.17, 15) is 22.7 Å². The lowest BCUT2D eigenvalue weighted by Crippen LogP contribution is -2.22. The van der Waals surface area contributed by atoms with Crippen molar-refractivity contribution >= 4 is 38.7 Å². The van der Waals surface area contributed by atoms with Crippen LogP contribution in [0.15, 0.2) is 53.6 Å². The van der Waals surface area contributed by atoms with Gasteiger partial charge in [0.2, 0.25) is 0 Å². The summed E-state index contributed by atoms with van der Waals surface area (Å²) >= 11 is 0. The molecule has 1 aliphatic rings. The number of carboxylic acids is 1. The first kappa shape index (κ1) is 24.6. The number of nitrogens with one attached hydrogen (secondary N) is 1. The molecule has 1 unspecified atom stereocenters. The van der Waals surface area contributed by atoms with Crippen LogP contribution < -0.4 is 9.46 Å². The molecule has 0 fully saturated rings. The van der Waals surface area contributed by atoms with Gasteiger partial charge in [0.05, 0.1) is 22.3 Å². The van der Waals surface area contributed by atoms with Gasteiger partial charge in [-0.15, -0.1) is 0 Å². The summed E-state index contributed by atoms with van der Waals surface area (Å²) in [5, 5.41) is 10.1. The Balaban J connectivity index is 1.64. The van der Waals surface area contributed by atoms with Gasteiger partial charge in [-0.2, -0.15) is 0 Å². The maximum atomic E-state index is 13.9. The van der Waals surface area contributed by atoms with E-state index in [0.29, 0.717) is 28.8 Å². The van der Waals surface area contributed by atoms with Crippen LogP contribution in [0.4, 0.5) is 10.1 Å². The minimum absolute atomic E-state index is 0.0228. The molecule has 2 aromatic carbocycles. The lowest BCUT2D eigenvalue weighted by atomic mass is 9.97. The van der Waals surface area contributed by atoms with Crippen LogP contribution in [0.5, 0.6) is 5.75 Å². The van der Waals surface area contributed by atoms with Crippen molar-refractivity contribution in [3.8, 4) is 5.75 Å². The molecule has 0 amide bonds. The third kappa shape index (κ3) is 5.13. The zero-order chi connectivity index (χ0) is 25.2. The van der Waals surface area contributed by atoms with Gasteiger partial charge in [0, 0.05) is 17.5 Å². The molecule has 0 saturated carbocycles. The fourth-order valence-corrected chi connectivity index (χ4v) is 5.33. The SMILES string of the molecule is CCN(CC)C/C=C\c1cc(F)ccc1S(=O)(=O)Nc1ccc2c3c(cnc2c1)OCC3C(=O)O. The second kappa shape index (κ2) is 10.0. The number of aliphatic carboxylic acids is 1. The first-order valence-electron chi connectivity index (χ1n) is 11.2. The number of sulfonamides is 1. The van der Waals surface area contributed by atoms with Crippen molar-refractivity contribution in [3.63, 3.8) is 0 Å². The molecule has 0 bridgehead atoms. The quantitative estimate of drug-likeness (QED) is 0.456. The molecule has 0 radical (unpaired) electrons. The monoisotopic (exact) mass is 499 g/mol. The number of hydrogen-bond acceptors (Lipinski definition) is 6. The Morgan fingerprint density at radius 1 is 1.26 bits per heavy atom. The molecule has 184 valence electrons. The number of carbonyl (C=O) groups is 1. The minimum atomic E-state index is -4.05. The number of aromatic nitrogens is 1. The summed E-state index contributed by atoms with van der Waals surface area (Å²) in [5.74, 6) is -1.95. The first-order valence-corrected chi connectivity index (χ1v) is 12.7. The molecule has 2 N–H and O–H groups in total. The summed E-state index contributed by atoms with van der Waals surface area (Å²) in [4.78, 5) is 18.0. The van der Waals surface area contributed by atoms with E-state index < -0.39 is 27.7 Å². The molecule has 8 nitrogen and oxygen atoms in total. The van der Waals surface area contributed by atoms with Gasteiger partial charge in [0.1, 0.15) is 24.1 Å². The second-order valence-electron chi connectivity index (χ2n) is 8.15. The van der Waals surface area contributed by atoms with E-state index in [1.54, 1.807) is 18.2 Å². The van der Waals surface area contributed by atoms with Gasteiger partial charge in [0.15, 0.2) is 0 Å². The van der Waals surface area contributed by atoms with Gasteiger partial charge in [0.25, 0.3) is 10.0 Å². The third-order valence-corrected chi connectivity index (χ3v) is 7.45. The maximum Gasteiger partial charge on any atom is 0.314 e. The predicted octanol–water partition coefficient (Wildman–Crippen LogP) is 4.09. The van der Waals surface area contributed by atoms with Crippen molar-refractivity contribution in [3.05, 3.63) is 65.6 Å². The summed E-state index contributed by atoms with van der Waals surface area (Å²) in [6.45, 7) is 6.37. The summed E-state index contributed by atoms with van der Waals surface area (Å²) in [6.07, 6.45) is 4.85. The van der Waals surface area contributed by atoms with Crippen LogP contribution >= 0.6 is 0 Å². The number of anilines is 1. The average Bonchev–Trinajstić information content (AvgIpc) is 3.26. The van der Waals surface area contributed by atoms with Gasteiger partial charge in [-0.3, -0.25) is 14.5 Å². The lowest BCUT2D eigenvalue weighted by molar-refractivity contribution is -0.138.